The molecule has 1 aliphatic carbocycles. The minimum absolute atomic E-state index is 0.00699. The van der Waals surface area contributed by atoms with Gasteiger partial charge in [0.2, 0.25) is 0 Å². The van der Waals surface area contributed by atoms with Crippen LogP contribution < -0.4 is 5.32 Å². The Labute approximate surface area is 150 Å². The summed E-state index contributed by atoms with van der Waals surface area (Å²) in [5.74, 6) is 0.00699. The first-order valence-electron chi connectivity index (χ1n) is 6.87. The molecule has 112 valence electrons. The van der Waals surface area contributed by atoms with Crippen molar-refractivity contribution in [1.29, 1.82) is 0 Å². The Balaban J connectivity index is 1.82. The minimum atomic E-state index is 0.00699. The van der Waals surface area contributed by atoms with Gasteiger partial charge in [0.1, 0.15) is 5.70 Å². The van der Waals surface area contributed by atoms with Crippen molar-refractivity contribution in [3.8, 4) is 0 Å². The van der Waals surface area contributed by atoms with E-state index in [1.165, 1.54) is 19.3 Å². The average Bonchev–Trinajstić information content (AvgIpc) is 2.91. The smallest absolute Gasteiger partial charge is 0.276 e. The van der Waals surface area contributed by atoms with Crippen molar-refractivity contribution in [3.05, 3.63) is 24.9 Å². The van der Waals surface area contributed by atoms with Gasteiger partial charge in [-0.1, -0.05) is 19.3 Å². The summed E-state index contributed by atoms with van der Waals surface area (Å²) in [5, 5.41) is 3.62. The fraction of sp³-hybridized carbons (Fsp3) is 0.429. The second kappa shape index (κ2) is 6.48. The van der Waals surface area contributed by atoms with Crippen LogP contribution in [0.15, 0.2) is 20.0 Å². The monoisotopic (exact) mass is 448 g/mol. The van der Waals surface area contributed by atoms with E-state index in [2.05, 4.69) is 37.2 Å². The molecule has 2 fully saturated rings. The van der Waals surface area contributed by atoms with E-state index in [1.54, 1.807) is 16.2 Å². The zero-order valence-corrected chi connectivity index (χ0v) is 16.0. The van der Waals surface area contributed by atoms with Gasteiger partial charge in [0.15, 0.2) is 5.11 Å². The van der Waals surface area contributed by atoms with Crippen molar-refractivity contribution < 1.29 is 4.79 Å². The summed E-state index contributed by atoms with van der Waals surface area (Å²) in [6.07, 6.45) is 7.60. The van der Waals surface area contributed by atoms with Crippen LogP contribution in [0.3, 0.4) is 0 Å². The van der Waals surface area contributed by atoms with Gasteiger partial charge < -0.3 is 5.32 Å². The number of carbonyl (C=O) groups excluding carboxylic acids is 1. The third kappa shape index (κ3) is 3.25. The molecule has 0 spiro atoms. The van der Waals surface area contributed by atoms with Crippen LogP contribution in [0.5, 0.6) is 0 Å². The summed E-state index contributed by atoms with van der Waals surface area (Å²) < 4.78 is 2.02. The molecule has 1 N–H and O–H groups in total. The van der Waals surface area contributed by atoms with Crippen molar-refractivity contribution in [1.82, 2.24) is 10.2 Å². The molecule has 0 unspecified atom stereocenters. The maximum atomic E-state index is 12.6. The zero-order valence-electron chi connectivity index (χ0n) is 11.2. The number of rotatable bonds is 2. The molecule has 1 saturated carbocycles. The topological polar surface area (TPSA) is 32.3 Å². The molecule has 1 aromatic heterocycles. The van der Waals surface area contributed by atoms with Crippen LogP contribution >= 0.6 is 55.4 Å². The van der Waals surface area contributed by atoms with Crippen LogP contribution in [-0.2, 0) is 4.79 Å². The molecule has 3 rings (SSSR count). The standard InChI is InChI=1S/C14H14Br2N2OS2/c15-10-6-9(21-12(10)16)7-11-13(19)18(14(20)17-11)8-4-2-1-3-5-8/h6-8H,1-5H2,(H,17,20)/b11-7+. The molecular weight excluding hydrogens is 436 g/mol. The summed E-state index contributed by atoms with van der Waals surface area (Å²) in [7, 11) is 0. The van der Waals surface area contributed by atoms with Crippen LogP contribution in [0, 0.1) is 0 Å². The number of hydrogen-bond donors (Lipinski definition) is 1. The van der Waals surface area contributed by atoms with Crippen LogP contribution in [0.4, 0.5) is 0 Å². The molecular formula is C14H14Br2N2OS2. The Morgan fingerprint density at radius 2 is 2.05 bits per heavy atom. The van der Waals surface area contributed by atoms with Gasteiger partial charge in [0, 0.05) is 15.4 Å². The summed E-state index contributed by atoms with van der Waals surface area (Å²) in [6, 6.07) is 2.25. The Bertz CT molecular complexity index is 601. The minimum Gasteiger partial charge on any atom is -0.328 e. The van der Waals surface area contributed by atoms with Gasteiger partial charge in [0.25, 0.3) is 5.91 Å². The average molecular weight is 450 g/mol. The molecule has 0 radical (unpaired) electrons. The van der Waals surface area contributed by atoms with Crippen LogP contribution in [0.1, 0.15) is 37.0 Å². The quantitative estimate of drug-likeness (QED) is 0.526. The molecule has 3 nitrogen and oxygen atoms in total. The summed E-state index contributed by atoms with van der Waals surface area (Å²) in [6.45, 7) is 0. The number of thiophene rings is 1. The van der Waals surface area contributed by atoms with E-state index in [9.17, 15) is 4.79 Å². The van der Waals surface area contributed by atoms with E-state index in [0.29, 0.717) is 10.8 Å². The second-order valence-electron chi connectivity index (χ2n) is 5.23. The molecule has 21 heavy (non-hydrogen) atoms. The van der Waals surface area contributed by atoms with E-state index in [0.717, 1.165) is 26.0 Å². The van der Waals surface area contributed by atoms with Crippen LogP contribution in [0.2, 0.25) is 0 Å². The molecule has 1 aliphatic heterocycles. The number of nitrogens with one attached hydrogen (secondary N) is 1. The van der Waals surface area contributed by atoms with Gasteiger partial charge in [-0.15, -0.1) is 11.3 Å². The van der Waals surface area contributed by atoms with Crippen LogP contribution in [0.25, 0.3) is 6.08 Å². The fourth-order valence-electron chi connectivity index (χ4n) is 2.80. The Morgan fingerprint density at radius 1 is 1.33 bits per heavy atom. The van der Waals surface area contributed by atoms with Gasteiger partial charge >= 0.3 is 0 Å². The number of amides is 1. The lowest BCUT2D eigenvalue weighted by molar-refractivity contribution is -0.124. The normalized spacial score (nSPS) is 22.2. The van der Waals surface area contributed by atoms with E-state index in [-0.39, 0.29) is 11.9 Å². The van der Waals surface area contributed by atoms with Crippen molar-refractivity contribution in [3.63, 3.8) is 0 Å². The lowest BCUT2D eigenvalue weighted by Gasteiger charge is -2.29. The van der Waals surface area contributed by atoms with Crippen LogP contribution in [-0.4, -0.2) is 22.0 Å². The third-order valence-corrected chi connectivity index (χ3v) is 7.30. The van der Waals surface area contributed by atoms with E-state index in [1.807, 2.05) is 12.1 Å². The predicted octanol–water partition coefficient (Wildman–Crippen LogP) is 4.66. The van der Waals surface area contributed by atoms with Gasteiger partial charge in [-0.25, -0.2) is 0 Å². The van der Waals surface area contributed by atoms with Gasteiger partial charge in [0.05, 0.1) is 3.79 Å². The second-order valence-corrected chi connectivity index (χ2v) is 8.87. The third-order valence-electron chi connectivity index (χ3n) is 3.80. The van der Waals surface area contributed by atoms with Crippen molar-refractivity contribution in [2.45, 2.75) is 38.1 Å². The first kappa shape index (κ1) is 15.6. The molecule has 1 saturated heterocycles. The fourth-order valence-corrected chi connectivity index (χ4v) is 5.17. The Morgan fingerprint density at radius 3 is 2.67 bits per heavy atom. The maximum Gasteiger partial charge on any atom is 0.276 e. The summed E-state index contributed by atoms with van der Waals surface area (Å²) in [4.78, 5) is 15.4. The highest BCUT2D eigenvalue weighted by atomic mass is 79.9. The first-order chi connectivity index (χ1) is 10.1. The molecule has 2 heterocycles. The SMILES string of the molecule is O=C1/C(=C\c2cc(Br)c(Br)s2)NC(=S)N1C1CCCCC1. The first-order valence-corrected chi connectivity index (χ1v) is 9.68. The highest BCUT2D eigenvalue weighted by Crippen LogP contribution is 2.34. The Kier molecular flexibility index (Phi) is 4.83. The number of halogens is 2. The predicted molar refractivity (Wildman–Crippen MR) is 97.1 cm³/mol. The summed E-state index contributed by atoms with van der Waals surface area (Å²) >= 11 is 13.9. The molecule has 0 atom stereocenters. The largest absolute Gasteiger partial charge is 0.328 e. The molecule has 2 aliphatic rings. The molecule has 0 bridgehead atoms. The van der Waals surface area contributed by atoms with E-state index < -0.39 is 0 Å². The molecule has 7 heteroatoms. The number of nitrogens with zero attached hydrogens (tertiary/aromatic N) is 1. The lowest BCUT2D eigenvalue weighted by atomic mass is 9.94. The zero-order chi connectivity index (χ0) is 15.0. The highest BCUT2D eigenvalue weighted by molar-refractivity contribution is 9.13. The molecule has 0 aromatic carbocycles. The van der Waals surface area contributed by atoms with E-state index >= 15 is 0 Å². The number of hydrogen-bond acceptors (Lipinski definition) is 3. The lowest BCUT2D eigenvalue weighted by Crippen LogP contribution is -2.41. The maximum absolute atomic E-state index is 12.6. The summed E-state index contributed by atoms with van der Waals surface area (Å²) in [5.41, 5.74) is 0.576. The molecule has 1 aromatic rings. The van der Waals surface area contributed by atoms with Crippen molar-refractivity contribution >= 4 is 72.5 Å². The van der Waals surface area contributed by atoms with Gasteiger partial charge in [-0.2, -0.15) is 0 Å². The number of carbonyl (C=O) groups is 1. The Hall–Kier alpha value is -0.240. The van der Waals surface area contributed by atoms with Crippen molar-refractivity contribution in [2.75, 3.05) is 0 Å². The van der Waals surface area contributed by atoms with Crippen molar-refractivity contribution in [2.24, 2.45) is 0 Å². The molecule has 1 amide bonds. The number of thiocarbonyl (C=S) groups is 1. The highest BCUT2D eigenvalue weighted by Gasteiger charge is 2.36. The van der Waals surface area contributed by atoms with E-state index in [4.69, 9.17) is 12.2 Å². The van der Waals surface area contributed by atoms with Gasteiger partial charge in [-0.3, -0.25) is 9.69 Å². The van der Waals surface area contributed by atoms with Gasteiger partial charge in [-0.05, 0) is 69.1 Å².